The van der Waals surface area contributed by atoms with E-state index < -0.39 is 0 Å². The van der Waals surface area contributed by atoms with Crippen LogP contribution in [-0.4, -0.2) is 10.6 Å². The number of furan rings is 1. The Morgan fingerprint density at radius 2 is 2.00 bits per heavy atom. The van der Waals surface area contributed by atoms with Gasteiger partial charge in [-0.2, -0.15) is 0 Å². The molecule has 2 nitrogen and oxygen atoms in total. The van der Waals surface area contributed by atoms with Crippen LogP contribution >= 0.6 is 15.9 Å². The second kappa shape index (κ2) is 4.15. The Hall–Kier alpha value is -1.35. The number of fused-ring (bicyclic) bond motifs is 1. The Bertz CT molecular complexity index is 557. The highest BCUT2D eigenvalue weighted by Gasteiger charge is 2.28. The van der Waals surface area contributed by atoms with Gasteiger partial charge in [0, 0.05) is 12.0 Å². The molecule has 0 amide bonds. The molecule has 0 radical (unpaired) electrons. The van der Waals surface area contributed by atoms with Gasteiger partial charge in [0.05, 0.1) is 10.4 Å². The average molecular weight is 291 g/mol. The molecule has 1 aliphatic carbocycles. The minimum Gasteiger partial charge on any atom is -0.460 e. The molecule has 0 fully saturated rings. The maximum atomic E-state index is 12.0. The predicted molar refractivity (Wildman–Crippen MR) is 69.5 cm³/mol. The molecule has 0 aliphatic heterocycles. The monoisotopic (exact) mass is 290 g/mol. The molecule has 1 aliphatic rings. The van der Waals surface area contributed by atoms with Gasteiger partial charge in [-0.1, -0.05) is 46.3 Å². The number of carbonyl (C=O) groups excluding carboxylic acids is 1. The van der Waals surface area contributed by atoms with Crippen molar-refractivity contribution in [3.8, 4) is 11.3 Å². The van der Waals surface area contributed by atoms with Crippen molar-refractivity contribution in [3.63, 3.8) is 0 Å². The van der Waals surface area contributed by atoms with E-state index in [0.29, 0.717) is 0 Å². The molecule has 3 rings (SSSR count). The zero-order valence-corrected chi connectivity index (χ0v) is 10.7. The van der Waals surface area contributed by atoms with E-state index in [9.17, 15) is 4.79 Å². The van der Waals surface area contributed by atoms with Crippen LogP contribution in [0.15, 0.2) is 40.8 Å². The van der Waals surface area contributed by atoms with Gasteiger partial charge in [0.1, 0.15) is 11.5 Å². The SMILES string of the molecule is O=C1c2cc(-c3ccccc3)oc2CCC1Br. The Kier molecular flexibility index (Phi) is 2.63. The largest absolute Gasteiger partial charge is 0.460 e. The molecule has 0 spiro atoms. The summed E-state index contributed by atoms with van der Waals surface area (Å²) in [6, 6.07) is 11.7. The van der Waals surface area contributed by atoms with Crippen molar-refractivity contribution in [3.05, 3.63) is 47.7 Å². The van der Waals surface area contributed by atoms with E-state index in [-0.39, 0.29) is 10.6 Å². The lowest BCUT2D eigenvalue weighted by Gasteiger charge is -2.13. The zero-order chi connectivity index (χ0) is 11.8. The van der Waals surface area contributed by atoms with Crippen LogP contribution in [0.25, 0.3) is 11.3 Å². The number of aryl methyl sites for hydroxylation is 1. The molecule has 0 saturated carbocycles. The normalized spacial score (nSPS) is 19.1. The quantitative estimate of drug-likeness (QED) is 0.747. The maximum absolute atomic E-state index is 12.0. The Labute approximate surface area is 108 Å². The highest BCUT2D eigenvalue weighted by molar-refractivity contribution is 9.10. The molecule has 86 valence electrons. The molecule has 0 bridgehead atoms. The molecule has 2 aromatic rings. The molecule has 1 aromatic heterocycles. The van der Waals surface area contributed by atoms with Crippen molar-refractivity contribution < 1.29 is 9.21 Å². The van der Waals surface area contributed by atoms with E-state index in [1.807, 2.05) is 36.4 Å². The third-order valence-corrected chi connectivity index (χ3v) is 3.92. The molecule has 0 N–H and O–H groups in total. The van der Waals surface area contributed by atoms with E-state index in [1.165, 1.54) is 0 Å². The van der Waals surface area contributed by atoms with Gasteiger partial charge in [0.2, 0.25) is 0 Å². The van der Waals surface area contributed by atoms with Crippen molar-refractivity contribution in [1.82, 2.24) is 0 Å². The predicted octanol–water partition coefficient (Wildman–Crippen LogP) is 3.84. The van der Waals surface area contributed by atoms with E-state index in [4.69, 9.17) is 4.42 Å². The highest BCUT2D eigenvalue weighted by Crippen LogP contribution is 2.32. The van der Waals surface area contributed by atoms with Gasteiger partial charge < -0.3 is 4.42 Å². The number of hydrogen-bond donors (Lipinski definition) is 0. The summed E-state index contributed by atoms with van der Waals surface area (Å²) in [5, 5.41) is 0. The van der Waals surface area contributed by atoms with Crippen LogP contribution in [0.3, 0.4) is 0 Å². The fourth-order valence-corrected chi connectivity index (χ4v) is 2.60. The topological polar surface area (TPSA) is 30.2 Å². The number of ketones is 1. The van der Waals surface area contributed by atoms with Gasteiger partial charge in [-0.25, -0.2) is 0 Å². The van der Waals surface area contributed by atoms with Crippen molar-refractivity contribution in [1.29, 1.82) is 0 Å². The van der Waals surface area contributed by atoms with Gasteiger partial charge in [-0.15, -0.1) is 0 Å². The van der Waals surface area contributed by atoms with Gasteiger partial charge in [0.15, 0.2) is 5.78 Å². The molecular weight excluding hydrogens is 280 g/mol. The van der Waals surface area contributed by atoms with Crippen molar-refractivity contribution in [2.75, 3.05) is 0 Å². The standard InChI is InChI=1S/C14H11BrO2/c15-11-6-7-12-10(14(11)16)8-13(17-12)9-4-2-1-3-5-9/h1-5,8,11H,6-7H2. The summed E-state index contributed by atoms with van der Waals surface area (Å²) in [6.07, 6.45) is 1.64. The third-order valence-electron chi connectivity index (χ3n) is 3.04. The van der Waals surface area contributed by atoms with Gasteiger partial charge in [0.25, 0.3) is 0 Å². The van der Waals surface area contributed by atoms with Crippen molar-refractivity contribution >= 4 is 21.7 Å². The van der Waals surface area contributed by atoms with Crippen molar-refractivity contribution in [2.45, 2.75) is 17.7 Å². The smallest absolute Gasteiger partial charge is 0.179 e. The number of alkyl halides is 1. The fourth-order valence-electron chi connectivity index (χ4n) is 2.13. The lowest BCUT2D eigenvalue weighted by molar-refractivity contribution is 0.0979. The molecule has 1 heterocycles. The molecular formula is C14H11BrO2. The number of Topliss-reactive ketones (excluding diaryl/α,β-unsaturated/α-hetero) is 1. The van der Waals surface area contributed by atoms with Crippen LogP contribution in [0.5, 0.6) is 0 Å². The van der Waals surface area contributed by atoms with Gasteiger partial charge in [-0.3, -0.25) is 4.79 Å². The molecule has 0 saturated heterocycles. The number of halogens is 1. The van der Waals surface area contributed by atoms with Gasteiger partial charge >= 0.3 is 0 Å². The second-order valence-corrected chi connectivity index (χ2v) is 5.29. The minimum atomic E-state index is -0.0591. The second-order valence-electron chi connectivity index (χ2n) is 4.18. The maximum Gasteiger partial charge on any atom is 0.179 e. The highest BCUT2D eigenvalue weighted by atomic mass is 79.9. The lowest BCUT2D eigenvalue weighted by atomic mass is 9.97. The summed E-state index contributed by atoms with van der Waals surface area (Å²) < 4.78 is 5.77. The molecule has 3 heteroatoms. The number of rotatable bonds is 1. The zero-order valence-electron chi connectivity index (χ0n) is 9.15. The first-order chi connectivity index (χ1) is 8.25. The molecule has 17 heavy (non-hydrogen) atoms. The summed E-state index contributed by atoms with van der Waals surface area (Å²) in [4.78, 5) is 11.9. The van der Waals surface area contributed by atoms with Crippen LogP contribution in [-0.2, 0) is 6.42 Å². The number of hydrogen-bond acceptors (Lipinski definition) is 2. The van der Waals surface area contributed by atoms with E-state index in [2.05, 4.69) is 15.9 Å². The van der Waals surface area contributed by atoms with Crippen LogP contribution in [0.2, 0.25) is 0 Å². The van der Waals surface area contributed by atoms with Crippen LogP contribution in [0.1, 0.15) is 22.5 Å². The first-order valence-corrected chi connectivity index (χ1v) is 6.53. The van der Waals surface area contributed by atoms with Crippen LogP contribution in [0, 0.1) is 0 Å². The fraction of sp³-hybridized carbons (Fsp3) is 0.214. The van der Waals surface area contributed by atoms with Crippen LogP contribution in [0.4, 0.5) is 0 Å². The van der Waals surface area contributed by atoms with Gasteiger partial charge in [-0.05, 0) is 12.5 Å². The molecule has 1 atom stereocenters. The molecule has 1 aromatic carbocycles. The summed E-state index contributed by atoms with van der Waals surface area (Å²) in [5.74, 6) is 1.74. The van der Waals surface area contributed by atoms with E-state index in [1.54, 1.807) is 0 Å². The van der Waals surface area contributed by atoms with Crippen LogP contribution < -0.4 is 0 Å². The van der Waals surface area contributed by atoms with E-state index >= 15 is 0 Å². The Balaban J connectivity index is 2.06. The van der Waals surface area contributed by atoms with E-state index in [0.717, 1.165) is 35.5 Å². The number of carbonyl (C=O) groups is 1. The number of benzene rings is 1. The summed E-state index contributed by atoms with van der Waals surface area (Å²) >= 11 is 3.40. The lowest BCUT2D eigenvalue weighted by Crippen LogP contribution is -2.20. The molecule has 1 unspecified atom stereocenters. The summed E-state index contributed by atoms with van der Waals surface area (Å²) in [5.41, 5.74) is 1.75. The van der Waals surface area contributed by atoms with Crippen molar-refractivity contribution in [2.24, 2.45) is 0 Å². The first-order valence-electron chi connectivity index (χ1n) is 5.62. The Morgan fingerprint density at radius 1 is 1.24 bits per heavy atom. The summed E-state index contributed by atoms with van der Waals surface area (Å²) in [7, 11) is 0. The average Bonchev–Trinajstić information content (AvgIpc) is 2.80. The first kappa shape index (κ1) is 10.8. The summed E-state index contributed by atoms with van der Waals surface area (Å²) in [6.45, 7) is 0. The Morgan fingerprint density at radius 3 is 2.76 bits per heavy atom. The third kappa shape index (κ3) is 1.84. The minimum absolute atomic E-state index is 0.0591.